The molecule has 5 rings (SSSR count). The van der Waals surface area contributed by atoms with Crippen LogP contribution in [-0.4, -0.2) is 54.4 Å². The first kappa shape index (κ1) is 17.0. The summed E-state index contributed by atoms with van der Waals surface area (Å²) in [4.78, 5) is 12.6. The Morgan fingerprint density at radius 3 is 2.96 bits per heavy atom. The lowest BCUT2D eigenvalue weighted by molar-refractivity contribution is -0.0608. The number of furan rings is 1. The van der Waals surface area contributed by atoms with Crippen LogP contribution in [0.5, 0.6) is 0 Å². The topological polar surface area (TPSA) is 87.8 Å². The molecule has 3 aliphatic rings. The van der Waals surface area contributed by atoms with Crippen molar-refractivity contribution in [1.82, 2.24) is 15.1 Å². The molecule has 0 saturated carbocycles. The first-order valence-electron chi connectivity index (χ1n) is 9.47. The molecule has 4 heterocycles. The Balaban J connectivity index is 1.37. The Bertz CT molecular complexity index is 861. The maximum atomic E-state index is 12.6. The van der Waals surface area contributed by atoms with Gasteiger partial charge in [0.05, 0.1) is 24.9 Å². The van der Waals surface area contributed by atoms with E-state index in [-0.39, 0.29) is 24.9 Å². The van der Waals surface area contributed by atoms with Crippen LogP contribution in [0.25, 0.3) is 11.3 Å². The second-order valence-electron chi connectivity index (χ2n) is 7.35. The van der Waals surface area contributed by atoms with E-state index in [9.17, 15) is 4.79 Å². The summed E-state index contributed by atoms with van der Waals surface area (Å²) in [7, 11) is 0. The number of amides is 1. The Morgan fingerprint density at radius 1 is 1.33 bits per heavy atom. The molecular formula is C19H23N3O5. The minimum atomic E-state index is -0.221. The van der Waals surface area contributed by atoms with Crippen LogP contribution < -0.4 is 5.32 Å². The van der Waals surface area contributed by atoms with Gasteiger partial charge in [-0.15, -0.1) is 0 Å². The summed E-state index contributed by atoms with van der Waals surface area (Å²) >= 11 is 0. The van der Waals surface area contributed by atoms with Crippen LogP contribution in [-0.2, 0) is 33.6 Å². The number of ether oxygens (including phenoxy) is 3. The van der Waals surface area contributed by atoms with Gasteiger partial charge >= 0.3 is 0 Å². The van der Waals surface area contributed by atoms with Gasteiger partial charge in [-0.05, 0) is 25.3 Å². The highest BCUT2D eigenvalue weighted by atomic mass is 16.7. The van der Waals surface area contributed by atoms with E-state index in [1.807, 2.05) is 11.6 Å². The van der Waals surface area contributed by atoms with E-state index >= 15 is 0 Å². The SMILES string of the molecule is Cc1c(C(=O)NC[C@@H]2COCO2)oc2c1-c1nn(C[C@@H]3CCO3)cc1CC2. The second kappa shape index (κ2) is 6.78. The Kier molecular flexibility index (Phi) is 4.26. The summed E-state index contributed by atoms with van der Waals surface area (Å²) in [6.45, 7) is 4.73. The van der Waals surface area contributed by atoms with Crippen LogP contribution in [0.3, 0.4) is 0 Å². The molecular weight excluding hydrogens is 350 g/mol. The minimum absolute atomic E-state index is 0.102. The molecule has 0 unspecified atom stereocenters. The van der Waals surface area contributed by atoms with E-state index in [2.05, 4.69) is 11.5 Å². The van der Waals surface area contributed by atoms with Crippen LogP contribution in [0.15, 0.2) is 10.6 Å². The maximum absolute atomic E-state index is 12.6. The molecule has 27 heavy (non-hydrogen) atoms. The highest BCUT2D eigenvalue weighted by molar-refractivity contribution is 5.95. The Labute approximate surface area is 156 Å². The van der Waals surface area contributed by atoms with Crippen molar-refractivity contribution in [2.45, 2.75) is 44.9 Å². The maximum Gasteiger partial charge on any atom is 0.287 e. The number of nitrogens with zero attached hydrogens (tertiary/aromatic N) is 2. The number of carbonyl (C=O) groups excluding carboxylic acids is 1. The molecule has 2 aromatic heterocycles. The summed E-state index contributed by atoms with van der Waals surface area (Å²) in [5.74, 6) is 0.987. The number of aryl methyl sites for hydroxylation is 2. The molecule has 144 valence electrons. The van der Waals surface area contributed by atoms with E-state index in [1.54, 1.807) is 0 Å². The van der Waals surface area contributed by atoms with E-state index in [1.165, 1.54) is 5.56 Å². The number of aromatic nitrogens is 2. The number of carbonyl (C=O) groups is 1. The third-order valence-corrected chi connectivity index (χ3v) is 5.49. The average Bonchev–Trinajstić information content (AvgIpc) is 3.34. The average molecular weight is 373 g/mol. The summed E-state index contributed by atoms with van der Waals surface area (Å²) in [6, 6.07) is 0. The standard InChI is InChI=1S/C19H23N3O5/c1-11-16-15(27-18(11)19(23)20-6-14-9-24-10-26-14)3-2-12-7-22(21-17(12)16)8-13-4-5-25-13/h7,13-14H,2-6,8-10H2,1H3,(H,20,23)/t13-,14+/m0/s1. The van der Waals surface area contributed by atoms with Crippen LogP contribution >= 0.6 is 0 Å². The van der Waals surface area contributed by atoms with Crippen molar-refractivity contribution in [3.8, 4) is 11.3 Å². The molecule has 2 atom stereocenters. The Morgan fingerprint density at radius 2 is 2.22 bits per heavy atom. The number of fused-ring (bicyclic) bond motifs is 3. The zero-order chi connectivity index (χ0) is 18.4. The summed E-state index contributed by atoms with van der Waals surface area (Å²) < 4.78 is 23.9. The van der Waals surface area contributed by atoms with Crippen LogP contribution in [0, 0.1) is 6.92 Å². The quantitative estimate of drug-likeness (QED) is 0.853. The summed E-state index contributed by atoms with van der Waals surface area (Å²) in [5, 5.41) is 7.65. The van der Waals surface area contributed by atoms with Crippen LogP contribution in [0.2, 0.25) is 0 Å². The predicted octanol–water partition coefficient (Wildman–Crippen LogP) is 1.44. The summed E-state index contributed by atoms with van der Waals surface area (Å²) in [6.07, 6.45) is 5.00. The van der Waals surface area contributed by atoms with Gasteiger partial charge in [-0.2, -0.15) is 5.10 Å². The lowest BCUT2D eigenvalue weighted by Gasteiger charge is -2.26. The van der Waals surface area contributed by atoms with Gasteiger partial charge < -0.3 is 23.9 Å². The van der Waals surface area contributed by atoms with Gasteiger partial charge in [-0.3, -0.25) is 9.48 Å². The van der Waals surface area contributed by atoms with Crippen molar-refractivity contribution in [2.75, 3.05) is 26.6 Å². The fraction of sp³-hybridized carbons (Fsp3) is 0.579. The van der Waals surface area contributed by atoms with Crippen molar-refractivity contribution in [3.05, 3.63) is 28.8 Å². The number of hydrogen-bond acceptors (Lipinski definition) is 6. The lowest BCUT2D eigenvalue weighted by atomic mass is 9.93. The Hall–Kier alpha value is -2.16. The predicted molar refractivity (Wildman–Crippen MR) is 94.5 cm³/mol. The molecule has 1 amide bonds. The third-order valence-electron chi connectivity index (χ3n) is 5.49. The molecule has 1 aliphatic carbocycles. The van der Waals surface area contributed by atoms with Gasteiger partial charge in [-0.25, -0.2) is 0 Å². The highest BCUT2D eigenvalue weighted by Crippen LogP contribution is 2.38. The minimum Gasteiger partial charge on any atom is -0.455 e. The molecule has 1 N–H and O–H groups in total. The van der Waals surface area contributed by atoms with Crippen molar-refractivity contribution in [2.24, 2.45) is 0 Å². The fourth-order valence-corrected chi connectivity index (χ4v) is 3.89. The van der Waals surface area contributed by atoms with E-state index in [4.69, 9.17) is 23.7 Å². The molecule has 8 nitrogen and oxygen atoms in total. The zero-order valence-electron chi connectivity index (χ0n) is 15.3. The largest absolute Gasteiger partial charge is 0.455 e. The molecule has 8 heteroatoms. The molecule has 2 aromatic rings. The van der Waals surface area contributed by atoms with Crippen molar-refractivity contribution >= 4 is 5.91 Å². The van der Waals surface area contributed by atoms with E-state index < -0.39 is 0 Å². The van der Waals surface area contributed by atoms with Gasteiger partial charge in [0.2, 0.25) is 0 Å². The van der Waals surface area contributed by atoms with E-state index in [0.717, 1.165) is 55.0 Å². The van der Waals surface area contributed by atoms with Gasteiger partial charge in [-0.1, -0.05) is 0 Å². The monoisotopic (exact) mass is 373 g/mol. The number of nitrogens with one attached hydrogen (secondary N) is 1. The third kappa shape index (κ3) is 3.07. The highest BCUT2D eigenvalue weighted by Gasteiger charge is 2.30. The fourth-order valence-electron chi connectivity index (χ4n) is 3.89. The summed E-state index contributed by atoms with van der Waals surface area (Å²) in [5.41, 5.74) is 3.95. The normalized spacial score (nSPS) is 23.6. The van der Waals surface area contributed by atoms with E-state index in [0.29, 0.717) is 18.9 Å². The van der Waals surface area contributed by atoms with Crippen molar-refractivity contribution in [1.29, 1.82) is 0 Å². The zero-order valence-corrected chi connectivity index (χ0v) is 15.3. The first-order valence-corrected chi connectivity index (χ1v) is 9.47. The van der Waals surface area contributed by atoms with Gasteiger partial charge in [0.25, 0.3) is 5.91 Å². The van der Waals surface area contributed by atoms with Crippen molar-refractivity contribution in [3.63, 3.8) is 0 Å². The van der Waals surface area contributed by atoms with Gasteiger partial charge in [0.1, 0.15) is 18.7 Å². The molecule has 0 radical (unpaired) electrons. The number of hydrogen-bond donors (Lipinski definition) is 1. The first-order chi connectivity index (χ1) is 13.2. The second-order valence-corrected chi connectivity index (χ2v) is 7.35. The lowest BCUT2D eigenvalue weighted by Crippen LogP contribution is -2.33. The molecule has 2 fully saturated rings. The molecule has 0 spiro atoms. The van der Waals surface area contributed by atoms with Crippen LogP contribution in [0.4, 0.5) is 0 Å². The molecule has 0 aromatic carbocycles. The van der Waals surface area contributed by atoms with Gasteiger partial charge in [0, 0.05) is 36.9 Å². The van der Waals surface area contributed by atoms with Crippen LogP contribution in [0.1, 0.15) is 33.9 Å². The molecule has 2 saturated heterocycles. The van der Waals surface area contributed by atoms with Crippen molar-refractivity contribution < 1.29 is 23.4 Å². The molecule has 0 bridgehead atoms. The number of rotatable bonds is 5. The molecule has 2 aliphatic heterocycles. The smallest absolute Gasteiger partial charge is 0.287 e. The van der Waals surface area contributed by atoms with Gasteiger partial charge in [0.15, 0.2) is 5.76 Å².